The minimum Gasteiger partial charge on any atom is -0.462 e. The standard InChI is InChI=1S/C69H134O17P2/c1-7-9-11-13-14-15-16-17-18-19-20-21-22-23-24-27-31-34-41-47-53-68(73)85-65(58-80-67(72)52-46-40-33-30-28-25-26-29-32-38-43-49-61(3)4)60-84-88(77,78)82-56-63(70)55-81-87(75,76)83-59-64(57-79-66(71)51-45-37-12-10-8-2)86-69(74)54-48-42-36-35-39-44-50-62(5)6/h61-65,70H,7-60H2,1-6H3,(H,75,76)(H,77,78)/t63-,64+,65+/m0/s1. The molecule has 0 saturated carbocycles. The number of aliphatic hydroxyl groups is 1. The summed E-state index contributed by atoms with van der Waals surface area (Å²) < 4.78 is 68.0. The minimum atomic E-state index is -4.95. The molecule has 0 bridgehead atoms. The molecular weight excluding hydrogens is 1160 g/mol. The molecule has 0 rings (SSSR count). The second-order valence-electron chi connectivity index (χ2n) is 25.9. The van der Waals surface area contributed by atoms with Gasteiger partial charge in [0.05, 0.1) is 26.4 Å². The van der Waals surface area contributed by atoms with E-state index in [1.54, 1.807) is 0 Å². The number of carbonyl (C=O) groups is 4. The van der Waals surface area contributed by atoms with Gasteiger partial charge in [-0.25, -0.2) is 9.13 Å². The fraction of sp³-hybridized carbons (Fsp3) is 0.942. The fourth-order valence-corrected chi connectivity index (χ4v) is 12.0. The van der Waals surface area contributed by atoms with Crippen LogP contribution in [0.15, 0.2) is 0 Å². The van der Waals surface area contributed by atoms with Gasteiger partial charge in [-0.1, -0.05) is 298 Å². The first-order valence-corrected chi connectivity index (χ1v) is 39.0. The number of rotatable bonds is 68. The lowest BCUT2D eigenvalue weighted by Crippen LogP contribution is -2.30. The van der Waals surface area contributed by atoms with Crippen molar-refractivity contribution >= 4 is 39.5 Å². The van der Waals surface area contributed by atoms with Crippen molar-refractivity contribution in [1.82, 2.24) is 0 Å². The van der Waals surface area contributed by atoms with E-state index < -0.39 is 97.5 Å². The molecule has 0 aliphatic heterocycles. The van der Waals surface area contributed by atoms with Crippen LogP contribution < -0.4 is 0 Å². The van der Waals surface area contributed by atoms with Crippen LogP contribution in [0.1, 0.15) is 350 Å². The van der Waals surface area contributed by atoms with Gasteiger partial charge >= 0.3 is 39.5 Å². The topological polar surface area (TPSA) is 237 Å². The number of unbranched alkanes of at least 4 members (excludes halogenated alkanes) is 38. The number of aliphatic hydroxyl groups excluding tert-OH is 1. The lowest BCUT2D eigenvalue weighted by atomic mass is 10.0. The zero-order valence-corrected chi connectivity index (χ0v) is 58.8. The van der Waals surface area contributed by atoms with Gasteiger partial charge in [-0.3, -0.25) is 37.3 Å². The second-order valence-corrected chi connectivity index (χ2v) is 28.8. The van der Waals surface area contributed by atoms with E-state index in [4.69, 9.17) is 37.0 Å². The van der Waals surface area contributed by atoms with Gasteiger partial charge in [-0.15, -0.1) is 0 Å². The highest BCUT2D eigenvalue weighted by molar-refractivity contribution is 7.47. The summed E-state index contributed by atoms with van der Waals surface area (Å²) in [6, 6.07) is 0. The van der Waals surface area contributed by atoms with Gasteiger partial charge in [-0.2, -0.15) is 0 Å². The molecule has 0 aliphatic carbocycles. The lowest BCUT2D eigenvalue weighted by Gasteiger charge is -2.21. The van der Waals surface area contributed by atoms with Gasteiger partial charge in [-0.05, 0) is 37.5 Å². The Morgan fingerprint density at radius 1 is 0.307 bits per heavy atom. The summed E-state index contributed by atoms with van der Waals surface area (Å²) in [6.07, 6.45) is 46.6. The molecule has 0 aromatic heterocycles. The Labute approximate surface area is 537 Å². The number of hydrogen-bond donors (Lipinski definition) is 3. The van der Waals surface area contributed by atoms with Crippen molar-refractivity contribution in [3.63, 3.8) is 0 Å². The van der Waals surface area contributed by atoms with Gasteiger partial charge in [0.25, 0.3) is 0 Å². The first-order chi connectivity index (χ1) is 42.4. The Morgan fingerprint density at radius 2 is 0.523 bits per heavy atom. The number of carbonyl (C=O) groups excluding carboxylic acids is 4. The zero-order chi connectivity index (χ0) is 65.0. The monoisotopic (exact) mass is 1300 g/mol. The first kappa shape index (κ1) is 86.1. The molecule has 0 fully saturated rings. The van der Waals surface area contributed by atoms with E-state index in [-0.39, 0.29) is 25.7 Å². The second kappa shape index (κ2) is 61.3. The van der Waals surface area contributed by atoms with Crippen LogP contribution in [0.25, 0.3) is 0 Å². The van der Waals surface area contributed by atoms with Crippen LogP contribution in [0.3, 0.4) is 0 Å². The number of esters is 4. The third kappa shape index (κ3) is 62.8. The molecule has 19 heteroatoms. The quantitative estimate of drug-likeness (QED) is 0.0222. The van der Waals surface area contributed by atoms with Crippen LogP contribution in [-0.4, -0.2) is 96.7 Å². The van der Waals surface area contributed by atoms with Crippen LogP contribution in [0.2, 0.25) is 0 Å². The van der Waals surface area contributed by atoms with Crippen LogP contribution in [0.4, 0.5) is 0 Å². The average Bonchev–Trinajstić information content (AvgIpc) is 3.53. The number of phosphoric ester groups is 2. The molecular formula is C69H134O17P2. The average molecular weight is 1300 g/mol. The maximum Gasteiger partial charge on any atom is 0.472 e. The van der Waals surface area contributed by atoms with Crippen molar-refractivity contribution in [1.29, 1.82) is 0 Å². The first-order valence-electron chi connectivity index (χ1n) is 36.0. The molecule has 17 nitrogen and oxygen atoms in total. The molecule has 5 atom stereocenters. The predicted molar refractivity (Wildman–Crippen MR) is 354 cm³/mol. The highest BCUT2D eigenvalue weighted by atomic mass is 31.2. The maximum atomic E-state index is 13.0. The molecule has 0 radical (unpaired) electrons. The van der Waals surface area contributed by atoms with Crippen LogP contribution in [-0.2, 0) is 65.4 Å². The normalized spacial score (nSPS) is 14.2. The fourth-order valence-electron chi connectivity index (χ4n) is 10.4. The van der Waals surface area contributed by atoms with Crippen molar-refractivity contribution in [3.05, 3.63) is 0 Å². The van der Waals surface area contributed by atoms with E-state index in [1.165, 1.54) is 161 Å². The Kier molecular flexibility index (Phi) is 59.9. The molecule has 0 amide bonds. The summed E-state index contributed by atoms with van der Waals surface area (Å²) in [6.45, 7) is 9.35. The number of ether oxygens (including phenoxy) is 4. The van der Waals surface area contributed by atoms with Crippen molar-refractivity contribution in [2.45, 2.75) is 368 Å². The Bertz CT molecular complexity index is 1720. The molecule has 522 valence electrons. The third-order valence-corrected chi connectivity index (χ3v) is 17.9. The van der Waals surface area contributed by atoms with Crippen molar-refractivity contribution in [3.8, 4) is 0 Å². The van der Waals surface area contributed by atoms with E-state index >= 15 is 0 Å². The molecule has 0 aromatic rings. The van der Waals surface area contributed by atoms with Crippen molar-refractivity contribution in [2.24, 2.45) is 11.8 Å². The predicted octanol–water partition coefficient (Wildman–Crippen LogP) is 19.6. The zero-order valence-electron chi connectivity index (χ0n) is 57.0. The smallest absolute Gasteiger partial charge is 0.462 e. The van der Waals surface area contributed by atoms with Crippen LogP contribution in [0, 0.1) is 11.8 Å². The lowest BCUT2D eigenvalue weighted by molar-refractivity contribution is -0.161. The number of phosphoric acid groups is 2. The van der Waals surface area contributed by atoms with Gasteiger partial charge in [0.1, 0.15) is 19.3 Å². The van der Waals surface area contributed by atoms with Gasteiger partial charge in [0.15, 0.2) is 12.2 Å². The van der Waals surface area contributed by atoms with Crippen molar-refractivity contribution < 1.29 is 80.2 Å². The van der Waals surface area contributed by atoms with E-state index in [0.717, 1.165) is 102 Å². The summed E-state index contributed by atoms with van der Waals surface area (Å²) >= 11 is 0. The molecule has 2 unspecified atom stereocenters. The summed E-state index contributed by atoms with van der Waals surface area (Å²) in [7, 11) is -9.89. The van der Waals surface area contributed by atoms with Crippen LogP contribution in [0.5, 0.6) is 0 Å². The van der Waals surface area contributed by atoms with Gasteiger partial charge in [0.2, 0.25) is 0 Å². The van der Waals surface area contributed by atoms with E-state index in [0.29, 0.717) is 31.6 Å². The number of hydrogen-bond acceptors (Lipinski definition) is 15. The molecule has 0 heterocycles. The Morgan fingerprint density at radius 3 is 0.773 bits per heavy atom. The van der Waals surface area contributed by atoms with E-state index in [9.17, 15) is 43.2 Å². The molecule has 0 aliphatic rings. The SMILES string of the molecule is CCCCCCCCCCCCCCCCCCCCCCC(=O)O[C@H](COC(=O)CCCCCCCCCCCCCC(C)C)COP(=O)(O)OC[C@@H](O)COP(=O)(O)OC[C@@H](COC(=O)CCCCCCC)OC(=O)CCCCCCCCC(C)C. The largest absolute Gasteiger partial charge is 0.472 e. The third-order valence-electron chi connectivity index (χ3n) is 16.0. The highest BCUT2D eigenvalue weighted by Gasteiger charge is 2.30. The molecule has 0 saturated heterocycles. The molecule has 3 N–H and O–H groups in total. The van der Waals surface area contributed by atoms with Gasteiger partial charge < -0.3 is 33.8 Å². The summed E-state index contributed by atoms with van der Waals surface area (Å²) in [5.41, 5.74) is 0. The maximum absolute atomic E-state index is 13.0. The van der Waals surface area contributed by atoms with Gasteiger partial charge in [0, 0.05) is 25.7 Å². The molecule has 88 heavy (non-hydrogen) atoms. The summed E-state index contributed by atoms with van der Waals surface area (Å²) in [5, 5.41) is 10.5. The van der Waals surface area contributed by atoms with E-state index in [2.05, 4.69) is 41.5 Å². The molecule has 0 aromatic carbocycles. The minimum absolute atomic E-state index is 0.101. The summed E-state index contributed by atoms with van der Waals surface area (Å²) in [5.74, 6) is -0.701. The Hall–Kier alpha value is -1.94. The highest BCUT2D eigenvalue weighted by Crippen LogP contribution is 2.45. The van der Waals surface area contributed by atoms with Crippen molar-refractivity contribution in [2.75, 3.05) is 39.6 Å². The Balaban J connectivity index is 5.12. The molecule has 0 spiro atoms. The van der Waals surface area contributed by atoms with Crippen LogP contribution >= 0.6 is 15.6 Å². The van der Waals surface area contributed by atoms with E-state index in [1.807, 2.05) is 0 Å². The summed E-state index contributed by atoms with van der Waals surface area (Å²) in [4.78, 5) is 72.1.